The minimum atomic E-state index is -3.70. The van der Waals surface area contributed by atoms with Gasteiger partial charge in [-0.1, -0.05) is 0 Å². The number of fused-ring (bicyclic) bond motifs is 1. The molecule has 0 unspecified atom stereocenters. The highest BCUT2D eigenvalue weighted by atomic mass is 32.2. The maximum atomic E-state index is 12.9. The van der Waals surface area contributed by atoms with Crippen LogP contribution < -0.4 is 0 Å². The molecule has 9 heteroatoms. The minimum absolute atomic E-state index is 0.0612. The van der Waals surface area contributed by atoms with E-state index in [9.17, 15) is 16.8 Å². The van der Waals surface area contributed by atoms with Crippen LogP contribution in [0.4, 0.5) is 0 Å². The van der Waals surface area contributed by atoms with Crippen molar-refractivity contribution in [1.82, 2.24) is 14.1 Å². The number of aromatic nitrogens is 2. The zero-order chi connectivity index (χ0) is 16.3. The number of sulfone groups is 1. The van der Waals surface area contributed by atoms with E-state index in [-0.39, 0.29) is 28.4 Å². The highest BCUT2D eigenvalue weighted by molar-refractivity contribution is 7.92. The third kappa shape index (κ3) is 2.48. The van der Waals surface area contributed by atoms with Crippen molar-refractivity contribution in [1.29, 1.82) is 0 Å². The molecule has 0 spiro atoms. The molecular weight excluding hydrogens is 326 g/mol. The first-order valence-electron chi connectivity index (χ1n) is 7.40. The van der Waals surface area contributed by atoms with Crippen molar-refractivity contribution in [3.8, 4) is 0 Å². The van der Waals surface area contributed by atoms with Crippen LogP contribution in [0.15, 0.2) is 11.1 Å². The Bertz CT molecular complexity index is 795. The molecule has 1 aromatic rings. The molecule has 0 amide bonds. The molecule has 22 heavy (non-hydrogen) atoms. The average Bonchev–Trinajstić information content (AvgIpc) is 3.00. The molecule has 2 saturated heterocycles. The van der Waals surface area contributed by atoms with E-state index < -0.39 is 25.9 Å². The van der Waals surface area contributed by atoms with Gasteiger partial charge >= 0.3 is 0 Å². The van der Waals surface area contributed by atoms with Gasteiger partial charge < -0.3 is 0 Å². The number of aryl methyl sites for hydroxylation is 1. The molecule has 0 radical (unpaired) electrons. The summed E-state index contributed by atoms with van der Waals surface area (Å²) in [7, 11) is -6.83. The van der Waals surface area contributed by atoms with Crippen LogP contribution in [0.5, 0.6) is 0 Å². The molecule has 3 heterocycles. The summed E-state index contributed by atoms with van der Waals surface area (Å²) in [5.41, 5.74) is 0.456. The number of hydrogen-bond donors (Lipinski definition) is 0. The molecule has 3 rings (SSSR count). The Morgan fingerprint density at radius 1 is 1.32 bits per heavy atom. The largest absolute Gasteiger partial charge is 0.269 e. The second-order valence-corrected chi connectivity index (χ2v) is 10.5. The molecule has 7 nitrogen and oxygen atoms in total. The molecular formula is C13H21N3O4S2. The molecule has 2 atom stereocenters. The van der Waals surface area contributed by atoms with Crippen LogP contribution in [0.2, 0.25) is 0 Å². The lowest BCUT2D eigenvalue weighted by atomic mass is 10.1. The fourth-order valence-electron chi connectivity index (χ4n) is 3.36. The van der Waals surface area contributed by atoms with Gasteiger partial charge in [0.05, 0.1) is 17.2 Å². The third-order valence-electron chi connectivity index (χ3n) is 4.51. The smallest absolute Gasteiger partial charge is 0.246 e. The molecule has 0 saturated carbocycles. The van der Waals surface area contributed by atoms with E-state index in [1.807, 2.05) is 13.8 Å². The molecule has 0 N–H and O–H groups in total. The van der Waals surface area contributed by atoms with Crippen LogP contribution in [0, 0.1) is 12.8 Å². The summed E-state index contributed by atoms with van der Waals surface area (Å²) in [5, 5.41) is 4.25. The van der Waals surface area contributed by atoms with Gasteiger partial charge in [-0.15, -0.1) is 0 Å². The number of hydrogen-bond acceptors (Lipinski definition) is 5. The van der Waals surface area contributed by atoms with E-state index in [0.29, 0.717) is 18.7 Å². The average molecular weight is 347 g/mol. The fourth-order valence-corrected chi connectivity index (χ4v) is 7.46. The van der Waals surface area contributed by atoms with Crippen LogP contribution in [-0.4, -0.2) is 55.0 Å². The summed E-state index contributed by atoms with van der Waals surface area (Å²) in [6.07, 6.45) is 2.16. The molecule has 0 bridgehead atoms. The van der Waals surface area contributed by atoms with Gasteiger partial charge in [0.1, 0.15) is 4.90 Å². The van der Waals surface area contributed by atoms with E-state index in [0.717, 1.165) is 0 Å². The lowest BCUT2D eigenvalue weighted by Gasteiger charge is -2.22. The van der Waals surface area contributed by atoms with Gasteiger partial charge in [0.15, 0.2) is 9.84 Å². The van der Waals surface area contributed by atoms with Crippen molar-refractivity contribution >= 4 is 19.9 Å². The Kier molecular flexibility index (Phi) is 3.65. The van der Waals surface area contributed by atoms with Crippen molar-refractivity contribution in [3.63, 3.8) is 0 Å². The van der Waals surface area contributed by atoms with Crippen molar-refractivity contribution in [2.45, 2.75) is 44.2 Å². The maximum Gasteiger partial charge on any atom is 0.246 e. The Morgan fingerprint density at radius 2 is 2.00 bits per heavy atom. The highest BCUT2D eigenvalue weighted by Crippen LogP contribution is 2.37. The SMILES string of the molecule is Cc1nn(C(C)C)cc1S(=O)(=O)N1CC[C@@H]2CS(=O)(=O)C[C@@H]21. The molecule has 0 aromatic carbocycles. The Labute approximate surface area is 131 Å². The standard InChI is InChI=1S/C13H21N3O4S2/c1-9(2)15-6-13(10(3)14-15)22(19,20)16-5-4-11-7-21(17,18)8-12(11)16/h6,9,11-12H,4-5,7-8H2,1-3H3/t11-,12+/m1/s1. The summed E-state index contributed by atoms with van der Waals surface area (Å²) in [5.74, 6) is -0.0254. The molecule has 124 valence electrons. The van der Waals surface area contributed by atoms with Gasteiger partial charge in [-0.3, -0.25) is 4.68 Å². The van der Waals surface area contributed by atoms with Gasteiger partial charge in [-0.05, 0) is 33.1 Å². The quantitative estimate of drug-likeness (QED) is 0.798. The van der Waals surface area contributed by atoms with E-state index in [1.54, 1.807) is 17.8 Å². The summed E-state index contributed by atoms with van der Waals surface area (Å²) < 4.78 is 52.4. The van der Waals surface area contributed by atoms with Crippen LogP contribution >= 0.6 is 0 Å². The van der Waals surface area contributed by atoms with Crippen LogP contribution in [-0.2, 0) is 19.9 Å². The first kappa shape index (κ1) is 15.9. The topological polar surface area (TPSA) is 89.3 Å². The summed E-state index contributed by atoms with van der Waals surface area (Å²) in [6.45, 7) is 5.92. The third-order valence-corrected chi connectivity index (χ3v) is 8.33. The fraction of sp³-hybridized carbons (Fsp3) is 0.769. The van der Waals surface area contributed by atoms with Gasteiger partial charge in [0, 0.05) is 24.8 Å². The Morgan fingerprint density at radius 3 is 2.59 bits per heavy atom. The van der Waals surface area contributed by atoms with Crippen molar-refractivity contribution in [2.24, 2.45) is 5.92 Å². The van der Waals surface area contributed by atoms with Crippen LogP contribution in [0.25, 0.3) is 0 Å². The Balaban J connectivity index is 1.97. The molecule has 2 aliphatic heterocycles. The monoisotopic (exact) mass is 347 g/mol. The lowest BCUT2D eigenvalue weighted by molar-refractivity contribution is 0.387. The van der Waals surface area contributed by atoms with Gasteiger partial charge in [-0.25, -0.2) is 16.8 Å². The predicted molar refractivity (Wildman–Crippen MR) is 81.8 cm³/mol. The number of sulfonamides is 1. The van der Waals surface area contributed by atoms with Gasteiger partial charge in [0.25, 0.3) is 0 Å². The van der Waals surface area contributed by atoms with E-state index >= 15 is 0 Å². The maximum absolute atomic E-state index is 12.9. The zero-order valence-corrected chi connectivity index (χ0v) is 14.6. The lowest BCUT2D eigenvalue weighted by Crippen LogP contribution is -2.38. The van der Waals surface area contributed by atoms with Crippen LogP contribution in [0.3, 0.4) is 0 Å². The van der Waals surface area contributed by atoms with Crippen molar-refractivity contribution in [2.75, 3.05) is 18.1 Å². The van der Waals surface area contributed by atoms with Crippen molar-refractivity contribution < 1.29 is 16.8 Å². The molecule has 2 fully saturated rings. The van der Waals surface area contributed by atoms with Crippen molar-refractivity contribution in [3.05, 3.63) is 11.9 Å². The van der Waals surface area contributed by atoms with E-state index in [2.05, 4.69) is 5.10 Å². The summed E-state index contributed by atoms with van der Waals surface area (Å²) >= 11 is 0. The normalized spacial score (nSPS) is 28.4. The number of rotatable bonds is 3. The predicted octanol–water partition coefficient (Wildman–Crippen LogP) is 0.580. The first-order valence-corrected chi connectivity index (χ1v) is 10.7. The summed E-state index contributed by atoms with van der Waals surface area (Å²) in [4.78, 5) is 0.186. The first-order chi connectivity index (χ1) is 10.1. The summed E-state index contributed by atoms with van der Waals surface area (Å²) in [6, 6.07) is -0.349. The Hall–Kier alpha value is -0.930. The molecule has 0 aliphatic carbocycles. The highest BCUT2D eigenvalue weighted by Gasteiger charge is 2.49. The minimum Gasteiger partial charge on any atom is -0.269 e. The van der Waals surface area contributed by atoms with Gasteiger partial charge in [0.2, 0.25) is 10.0 Å². The number of nitrogens with zero attached hydrogens (tertiary/aromatic N) is 3. The molecule has 2 aliphatic rings. The second kappa shape index (κ2) is 5.04. The van der Waals surface area contributed by atoms with Crippen LogP contribution in [0.1, 0.15) is 32.0 Å². The molecule has 1 aromatic heterocycles. The second-order valence-electron chi connectivity index (χ2n) is 6.46. The van der Waals surface area contributed by atoms with E-state index in [4.69, 9.17) is 0 Å². The van der Waals surface area contributed by atoms with Gasteiger partial charge in [-0.2, -0.15) is 9.40 Å². The van der Waals surface area contributed by atoms with E-state index in [1.165, 1.54) is 4.31 Å². The zero-order valence-electron chi connectivity index (χ0n) is 12.9.